The molecule has 5 heteroatoms. The molecule has 0 saturated heterocycles. The molecule has 2 atom stereocenters. The van der Waals surface area contributed by atoms with Gasteiger partial charge in [0.05, 0.1) is 0 Å². The van der Waals surface area contributed by atoms with E-state index in [2.05, 4.69) is 53.3 Å². The first-order valence-corrected chi connectivity index (χ1v) is 17.6. The van der Waals surface area contributed by atoms with Crippen LogP contribution in [-0.4, -0.2) is 29.0 Å². The summed E-state index contributed by atoms with van der Waals surface area (Å²) in [7, 11) is 0. The van der Waals surface area contributed by atoms with E-state index in [9.17, 15) is 9.59 Å². The molecular formula is C38H59N3O2. The quantitative estimate of drug-likeness (QED) is 0.108. The molecule has 0 radical (unpaired) electrons. The van der Waals surface area contributed by atoms with Crippen LogP contribution in [0, 0.1) is 5.92 Å². The summed E-state index contributed by atoms with van der Waals surface area (Å²) in [5.74, 6) is -0.131. The molecule has 0 aliphatic heterocycles. The first-order valence-electron chi connectivity index (χ1n) is 17.6. The predicted molar refractivity (Wildman–Crippen MR) is 183 cm³/mol. The lowest BCUT2D eigenvalue weighted by molar-refractivity contribution is -0.130. The lowest BCUT2D eigenvalue weighted by atomic mass is 9.98. The second-order valence-electron chi connectivity index (χ2n) is 12.6. The van der Waals surface area contributed by atoms with Crippen LogP contribution in [0.3, 0.4) is 0 Å². The van der Waals surface area contributed by atoms with Gasteiger partial charge < -0.3 is 15.2 Å². The van der Waals surface area contributed by atoms with Crippen molar-refractivity contribution in [3.63, 3.8) is 0 Å². The van der Waals surface area contributed by atoms with Crippen LogP contribution in [0.5, 0.6) is 0 Å². The molecular weight excluding hydrogens is 530 g/mol. The van der Waals surface area contributed by atoms with Gasteiger partial charge in [-0.1, -0.05) is 160 Å². The molecule has 0 bridgehead atoms. The number of hydrogen-bond donors (Lipinski definition) is 2. The van der Waals surface area contributed by atoms with Gasteiger partial charge in [-0.25, -0.2) is 0 Å². The van der Waals surface area contributed by atoms with Gasteiger partial charge in [0.25, 0.3) is 0 Å². The second kappa shape index (κ2) is 20.2. The number of nitrogens with zero attached hydrogens (tertiary/aromatic N) is 1. The number of rotatable bonds is 23. The van der Waals surface area contributed by atoms with Crippen molar-refractivity contribution in [2.24, 2.45) is 5.92 Å². The number of para-hydroxylation sites is 2. The van der Waals surface area contributed by atoms with Gasteiger partial charge in [0.2, 0.25) is 11.8 Å². The van der Waals surface area contributed by atoms with Crippen LogP contribution in [0.1, 0.15) is 130 Å². The van der Waals surface area contributed by atoms with E-state index in [1.807, 2.05) is 31.2 Å². The fourth-order valence-electron chi connectivity index (χ4n) is 6.23. The van der Waals surface area contributed by atoms with Crippen molar-refractivity contribution >= 4 is 33.6 Å². The van der Waals surface area contributed by atoms with E-state index in [0.717, 1.165) is 41.1 Å². The molecule has 2 amide bonds. The van der Waals surface area contributed by atoms with E-state index in [-0.39, 0.29) is 24.3 Å². The zero-order chi connectivity index (χ0) is 30.7. The maximum absolute atomic E-state index is 13.3. The van der Waals surface area contributed by atoms with E-state index in [0.29, 0.717) is 6.54 Å². The van der Waals surface area contributed by atoms with E-state index in [1.165, 1.54) is 89.9 Å². The Bertz CT molecular complexity index is 1160. The molecule has 0 fully saturated rings. The van der Waals surface area contributed by atoms with Gasteiger partial charge in [-0.3, -0.25) is 9.59 Å². The van der Waals surface area contributed by atoms with Crippen LogP contribution in [0.25, 0.3) is 21.8 Å². The summed E-state index contributed by atoms with van der Waals surface area (Å²) in [4.78, 5) is 26.4. The molecule has 0 aliphatic rings. The number of carbonyl (C=O) groups excluding carboxylic acids is 2. The van der Waals surface area contributed by atoms with E-state index in [4.69, 9.17) is 0 Å². The topological polar surface area (TPSA) is 63.1 Å². The van der Waals surface area contributed by atoms with Gasteiger partial charge in [-0.05, 0) is 24.5 Å². The number of fused-ring (bicyclic) bond motifs is 3. The Morgan fingerprint density at radius 1 is 0.651 bits per heavy atom. The Morgan fingerprint density at radius 3 is 1.56 bits per heavy atom. The summed E-state index contributed by atoms with van der Waals surface area (Å²) in [6, 6.07) is 15.8. The van der Waals surface area contributed by atoms with Crippen molar-refractivity contribution in [1.29, 1.82) is 0 Å². The third kappa shape index (κ3) is 11.7. The van der Waals surface area contributed by atoms with E-state index >= 15 is 0 Å². The Hall–Kier alpha value is -2.82. The molecule has 0 aliphatic carbocycles. The van der Waals surface area contributed by atoms with Crippen LogP contribution >= 0.6 is 0 Å². The van der Waals surface area contributed by atoms with Crippen molar-refractivity contribution in [3.05, 3.63) is 48.5 Å². The lowest BCUT2D eigenvalue weighted by Gasteiger charge is -2.24. The molecule has 3 aromatic rings. The number of hydrogen-bond acceptors (Lipinski definition) is 2. The summed E-state index contributed by atoms with van der Waals surface area (Å²) >= 11 is 0. The highest BCUT2D eigenvalue weighted by atomic mass is 16.2. The van der Waals surface area contributed by atoms with Crippen LogP contribution in [0.4, 0.5) is 0 Å². The number of amides is 2. The van der Waals surface area contributed by atoms with Gasteiger partial charge in [0, 0.05) is 28.4 Å². The van der Waals surface area contributed by atoms with E-state index < -0.39 is 6.04 Å². The normalized spacial score (nSPS) is 12.9. The van der Waals surface area contributed by atoms with Crippen molar-refractivity contribution in [1.82, 2.24) is 15.2 Å². The largest absolute Gasteiger partial charge is 0.354 e. The summed E-state index contributed by atoms with van der Waals surface area (Å²) in [6.45, 7) is 7.25. The molecule has 5 nitrogen and oxygen atoms in total. The van der Waals surface area contributed by atoms with Crippen LogP contribution < -0.4 is 10.6 Å². The molecule has 238 valence electrons. The molecule has 1 aromatic heterocycles. The highest BCUT2D eigenvalue weighted by molar-refractivity contribution is 6.08. The molecule has 2 aromatic carbocycles. The minimum atomic E-state index is -0.522. The average molecular weight is 590 g/mol. The minimum absolute atomic E-state index is 0.0629. The summed E-state index contributed by atoms with van der Waals surface area (Å²) in [5.41, 5.74) is 2.07. The van der Waals surface area contributed by atoms with Crippen molar-refractivity contribution in [2.45, 2.75) is 143 Å². The van der Waals surface area contributed by atoms with Gasteiger partial charge in [-0.2, -0.15) is 0 Å². The van der Waals surface area contributed by atoms with Crippen LogP contribution in [0.15, 0.2) is 48.5 Å². The molecule has 0 spiro atoms. The monoisotopic (exact) mass is 589 g/mol. The highest BCUT2D eigenvalue weighted by Crippen LogP contribution is 2.28. The van der Waals surface area contributed by atoms with Crippen molar-refractivity contribution in [2.75, 3.05) is 6.54 Å². The average Bonchev–Trinajstić information content (AvgIpc) is 3.34. The highest BCUT2D eigenvalue weighted by Gasteiger charge is 2.26. The standard InChI is InChI=1S/C38H59N3O2/c1-4-6-7-8-9-10-11-12-13-14-15-16-17-18-19-24-29-39-38(43)37(31(3)5-2)40-36(42)30-41-34-27-22-20-25-32(34)33-26-21-23-28-35(33)41/h20-23,25-28,31,37H,4-19,24,29-30H2,1-3H3,(H,39,43)(H,40,42). The molecule has 43 heavy (non-hydrogen) atoms. The lowest BCUT2D eigenvalue weighted by Crippen LogP contribution is -2.51. The Morgan fingerprint density at radius 2 is 1.09 bits per heavy atom. The fraction of sp³-hybridized carbons (Fsp3) is 0.632. The molecule has 2 unspecified atom stereocenters. The smallest absolute Gasteiger partial charge is 0.242 e. The molecule has 0 saturated carbocycles. The van der Waals surface area contributed by atoms with Gasteiger partial charge in [0.15, 0.2) is 0 Å². The van der Waals surface area contributed by atoms with E-state index in [1.54, 1.807) is 0 Å². The zero-order valence-corrected chi connectivity index (χ0v) is 27.5. The van der Waals surface area contributed by atoms with Gasteiger partial charge in [-0.15, -0.1) is 0 Å². The van der Waals surface area contributed by atoms with Gasteiger partial charge >= 0.3 is 0 Å². The Balaban J connectivity index is 1.30. The molecule has 1 heterocycles. The number of unbranched alkanes of at least 4 members (excludes halogenated alkanes) is 15. The second-order valence-corrected chi connectivity index (χ2v) is 12.6. The summed E-state index contributed by atoms with van der Waals surface area (Å²) in [5, 5.41) is 8.46. The molecule has 2 N–H and O–H groups in total. The summed E-state index contributed by atoms with van der Waals surface area (Å²) in [6.07, 6.45) is 22.2. The third-order valence-corrected chi connectivity index (χ3v) is 9.12. The number of aromatic nitrogens is 1. The number of benzene rings is 2. The van der Waals surface area contributed by atoms with Crippen LogP contribution in [-0.2, 0) is 16.1 Å². The summed E-state index contributed by atoms with van der Waals surface area (Å²) < 4.78 is 2.06. The third-order valence-electron chi connectivity index (χ3n) is 9.12. The molecule has 3 rings (SSSR count). The zero-order valence-electron chi connectivity index (χ0n) is 27.5. The fourth-order valence-corrected chi connectivity index (χ4v) is 6.23. The van der Waals surface area contributed by atoms with Crippen molar-refractivity contribution in [3.8, 4) is 0 Å². The first kappa shape index (κ1) is 34.7. The number of carbonyl (C=O) groups is 2. The predicted octanol–water partition coefficient (Wildman–Crippen LogP) is 9.70. The Kier molecular flexibility index (Phi) is 16.3. The first-order chi connectivity index (χ1) is 21.1. The van der Waals surface area contributed by atoms with Gasteiger partial charge in [0.1, 0.15) is 12.6 Å². The SMILES string of the molecule is CCCCCCCCCCCCCCCCCCNC(=O)C(NC(=O)Cn1c2ccccc2c2ccccc21)C(C)CC. The maximum atomic E-state index is 13.3. The number of nitrogens with one attached hydrogen (secondary N) is 2. The minimum Gasteiger partial charge on any atom is -0.354 e. The van der Waals surface area contributed by atoms with Crippen LogP contribution in [0.2, 0.25) is 0 Å². The Labute approximate surface area is 261 Å². The van der Waals surface area contributed by atoms with Crippen molar-refractivity contribution < 1.29 is 9.59 Å². The maximum Gasteiger partial charge on any atom is 0.242 e.